The Morgan fingerprint density at radius 1 is 1.45 bits per heavy atom. The molecule has 6 heteroatoms. The molecule has 0 heterocycles. The predicted octanol–water partition coefficient (Wildman–Crippen LogP) is 2.91. The molecule has 2 unspecified atom stereocenters. The van der Waals surface area contributed by atoms with E-state index in [0.717, 1.165) is 0 Å². The topological polar surface area (TPSA) is 55.4 Å². The number of carbonyl (C=O) groups is 2. The summed E-state index contributed by atoms with van der Waals surface area (Å²) in [5.41, 5.74) is -0.121. The molecule has 1 N–H and O–H groups in total. The summed E-state index contributed by atoms with van der Waals surface area (Å²) in [5.74, 6) is -1.95. The van der Waals surface area contributed by atoms with E-state index >= 15 is 0 Å². The standard InChI is InChI=1S/C14H17BrFNO3/c1-4-8(2)12(14(19)20-3)17-13(18)11-9(15)6-5-7-10(11)16/h5-8,12H,4H2,1-3H3,(H,17,18). The molecule has 0 saturated heterocycles. The van der Waals surface area contributed by atoms with Gasteiger partial charge in [-0.2, -0.15) is 0 Å². The van der Waals surface area contributed by atoms with Crippen LogP contribution in [0.2, 0.25) is 0 Å². The Morgan fingerprint density at radius 2 is 2.10 bits per heavy atom. The van der Waals surface area contributed by atoms with E-state index < -0.39 is 23.7 Å². The van der Waals surface area contributed by atoms with Crippen LogP contribution in [0.25, 0.3) is 0 Å². The molecule has 2 atom stereocenters. The molecule has 1 aromatic rings. The lowest BCUT2D eigenvalue weighted by atomic mass is 9.99. The second-order valence-electron chi connectivity index (χ2n) is 4.46. The number of halogens is 2. The lowest BCUT2D eigenvalue weighted by molar-refractivity contribution is -0.144. The molecule has 1 amide bonds. The maximum absolute atomic E-state index is 13.7. The molecule has 0 aromatic heterocycles. The molecular weight excluding hydrogens is 329 g/mol. The summed E-state index contributed by atoms with van der Waals surface area (Å²) in [4.78, 5) is 23.9. The Kier molecular flexibility index (Phi) is 6.13. The van der Waals surface area contributed by atoms with Gasteiger partial charge in [-0.15, -0.1) is 0 Å². The van der Waals surface area contributed by atoms with E-state index in [1.165, 1.54) is 19.2 Å². The van der Waals surface area contributed by atoms with Gasteiger partial charge in [0.15, 0.2) is 0 Å². The fourth-order valence-corrected chi connectivity index (χ4v) is 2.25. The maximum Gasteiger partial charge on any atom is 0.328 e. The van der Waals surface area contributed by atoms with Crippen LogP contribution in [-0.2, 0) is 9.53 Å². The number of methoxy groups -OCH3 is 1. The highest BCUT2D eigenvalue weighted by atomic mass is 79.9. The first-order valence-electron chi connectivity index (χ1n) is 6.25. The minimum atomic E-state index is -0.802. The zero-order chi connectivity index (χ0) is 15.3. The third-order valence-electron chi connectivity index (χ3n) is 3.14. The maximum atomic E-state index is 13.7. The third-order valence-corrected chi connectivity index (χ3v) is 3.81. The average molecular weight is 346 g/mol. The van der Waals surface area contributed by atoms with E-state index in [0.29, 0.717) is 10.9 Å². The zero-order valence-electron chi connectivity index (χ0n) is 11.6. The summed E-state index contributed by atoms with van der Waals surface area (Å²) in [6.45, 7) is 3.71. The first-order chi connectivity index (χ1) is 9.42. The highest BCUT2D eigenvalue weighted by molar-refractivity contribution is 9.10. The van der Waals surface area contributed by atoms with E-state index in [2.05, 4.69) is 26.0 Å². The number of amides is 1. The smallest absolute Gasteiger partial charge is 0.328 e. The molecule has 0 saturated carbocycles. The Labute approximate surface area is 125 Å². The van der Waals surface area contributed by atoms with Crippen molar-refractivity contribution in [2.45, 2.75) is 26.3 Å². The van der Waals surface area contributed by atoms with Crippen molar-refractivity contribution in [1.82, 2.24) is 5.32 Å². The summed E-state index contributed by atoms with van der Waals surface area (Å²) >= 11 is 3.13. The number of rotatable bonds is 5. The number of hydrogen-bond donors (Lipinski definition) is 1. The van der Waals surface area contributed by atoms with Crippen LogP contribution in [0, 0.1) is 11.7 Å². The fraction of sp³-hybridized carbons (Fsp3) is 0.429. The van der Waals surface area contributed by atoms with Gasteiger partial charge < -0.3 is 10.1 Å². The van der Waals surface area contributed by atoms with Crippen molar-refractivity contribution in [3.63, 3.8) is 0 Å². The minimum absolute atomic E-state index is 0.114. The van der Waals surface area contributed by atoms with Gasteiger partial charge in [0, 0.05) is 4.47 Å². The van der Waals surface area contributed by atoms with Gasteiger partial charge in [-0.05, 0) is 34.0 Å². The van der Waals surface area contributed by atoms with Crippen LogP contribution in [-0.4, -0.2) is 25.0 Å². The lowest BCUT2D eigenvalue weighted by Gasteiger charge is -2.22. The molecule has 1 aromatic carbocycles. The molecular formula is C14H17BrFNO3. The van der Waals surface area contributed by atoms with E-state index in [9.17, 15) is 14.0 Å². The van der Waals surface area contributed by atoms with Crippen molar-refractivity contribution < 1.29 is 18.7 Å². The van der Waals surface area contributed by atoms with Crippen molar-refractivity contribution >= 4 is 27.8 Å². The van der Waals surface area contributed by atoms with Crippen molar-refractivity contribution in [2.75, 3.05) is 7.11 Å². The van der Waals surface area contributed by atoms with Crippen LogP contribution in [0.4, 0.5) is 4.39 Å². The van der Waals surface area contributed by atoms with Crippen LogP contribution in [0.5, 0.6) is 0 Å². The van der Waals surface area contributed by atoms with Gasteiger partial charge in [-0.1, -0.05) is 26.3 Å². The van der Waals surface area contributed by atoms with Gasteiger partial charge in [-0.25, -0.2) is 9.18 Å². The van der Waals surface area contributed by atoms with Crippen molar-refractivity contribution in [1.29, 1.82) is 0 Å². The Morgan fingerprint density at radius 3 is 2.60 bits per heavy atom. The molecule has 1 rings (SSSR count). The van der Waals surface area contributed by atoms with E-state index in [1.807, 2.05) is 13.8 Å². The molecule has 0 aliphatic carbocycles. The average Bonchev–Trinajstić information content (AvgIpc) is 2.42. The number of benzene rings is 1. The van der Waals surface area contributed by atoms with Crippen LogP contribution < -0.4 is 5.32 Å². The molecule has 0 spiro atoms. The van der Waals surface area contributed by atoms with E-state index in [1.54, 1.807) is 6.07 Å². The molecule has 20 heavy (non-hydrogen) atoms. The number of carbonyl (C=O) groups excluding carboxylic acids is 2. The number of esters is 1. The number of hydrogen-bond acceptors (Lipinski definition) is 3. The summed E-state index contributed by atoms with van der Waals surface area (Å²) < 4.78 is 18.7. The quantitative estimate of drug-likeness (QED) is 0.834. The van der Waals surface area contributed by atoms with Crippen molar-refractivity contribution in [2.24, 2.45) is 5.92 Å². The van der Waals surface area contributed by atoms with E-state index in [4.69, 9.17) is 0 Å². The Balaban J connectivity index is 2.99. The van der Waals surface area contributed by atoms with Crippen LogP contribution in [0.3, 0.4) is 0 Å². The molecule has 0 bridgehead atoms. The van der Waals surface area contributed by atoms with Gasteiger partial charge in [-0.3, -0.25) is 4.79 Å². The Bertz CT molecular complexity index is 487. The molecule has 0 aliphatic rings. The SMILES string of the molecule is CCC(C)C(NC(=O)c1c(F)cccc1Br)C(=O)OC. The highest BCUT2D eigenvalue weighted by Gasteiger charge is 2.28. The summed E-state index contributed by atoms with van der Waals surface area (Å²) in [6.07, 6.45) is 0.679. The van der Waals surface area contributed by atoms with Crippen LogP contribution in [0.1, 0.15) is 30.6 Å². The number of nitrogens with one attached hydrogen (secondary N) is 1. The van der Waals surface area contributed by atoms with Gasteiger partial charge in [0.2, 0.25) is 0 Å². The fourth-order valence-electron chi connectivity index (χ4n) is 1.72. The summed E-state index contributed by atoms with van der Waals surface area (Å²) in [6, 6.07) is 3.44. The zero-order valence-corrected chi connectivity index (χ0v) is 13.2. The molecule has 0 aliphatic heterocycles. The van der Waals surface area contributed by atoms with Crippen molar-refractivity contribution in [3.8, 4) is 0 Å². The monoisotopic (exact) mass is 345 g/mol. The van der Waals surface area contributed by atoms with Crippen LogP contribution in [0.15, 0.2) is 22.7 Å². The lowest BCUT2D eigenvalue weighted by Crippen LogP contribution is -2.46. The first-order valence-corrected chi connectivity index (χ1v) is 7.04. The molecule has 4 nitrogen and oxygen atoms in total. The second-order valence-corrected chi connectivity index (χ2v) is 5.31. The van der Waals surface area contributed by atoms with Crippen molar-refractivity contribution in [3.05, 3.63) is 34.1 Å². The number of ether oxygens (including phenoxy) is 1. The highest BCUT2D eigenvalue weighted by Crippen LogP contribution is 2.20. The molecule has 0 fully saturated rings. The van der Waals surface area contributed by atoms with Gasteiger partial charge in [0.05, 0.1) is 12.7 Å². The summed E-state index contributed by atoms with van der Waals surface area (Å²) in [5, 5.41) is 2.53. The first kappa shape index (κ1) is 16.6. The van der Waals surface area contributed by atoms with Gasteiger partial charge >= 0.3 is 5.97 Å². The largest absolute Gasteiger partial charge is 0.467 e. The van der Waals surface area contributed by atoms with E-state index in [-0.39, 0.29) is 11.5 Å². The third kappa shape index (κ3) is 3.79. The predicted molar refractivity (Wildman–Crippen MR) is 76.8 cm³/mol. The molecule has 0 radical (unpaired) electrons. The van der Waals surface area contributed by atoms with Crippen LogP contribution >= 0.6 is 15.9 Å². The van der Waals surface area contributed by atoms with Gasteiger partial charge in [0.1, 0.15) is 11.9 Å². The second kappa shape index (κ2) is 7.38. The Hall–Kier alpha value is -1.43. The molecule has 110 valence electrons. The normalized spacial score (nSPS) is 13.4. The van der Waals surface area contributed by atoms with Gasteiger partial charge in [0.25, 0.3) is 5.91 Å². The summed E-state index contributed by atoms with van der Waals surface area (Å²) in [7, 11) is 1.25. The minimum Gasteiger partial charge on any atom is -0.467 e.